The topological polar surface area (TPSA) is 94.7 Å². The van der Waals surface area contributed by atoms with Gasteiger partial charge in [-0.2, -0.15) is 10.2 Å². The van der Waals surface area contributed by atoms with Crippen LogP contribution in [0.4, 0.5) is 0 Å². The predicted octanol–water partition coefficient (Wildman–Crippen LogP) is 3.53. The molecule has 1 amide bonds. The normalized spacial score (nSPS) is 11.8. The molecule has 4 rings (SSSR count). The first kappa shape index (κ1) is 18.4. The van der Waals surface area contributed by atoms with Crippen LogP contribution in [0.25, 0.3) is 22.4 Å². The summed E-state index contributed by atoms with van der Waals surface area (Å²) >= 11 is 0. The summed E-state index contributed by atoms with van der Waals surface area (Å²) in [4.78, 5) is 20.9. The highest BCUT2D eigenvalue weighted by atomic mass is 16.1. The van der Waals surface area contributed by atoms with Crippen LogP contribution in [-0.4, -0.2) is 26.1 Å². The number of hydrogen-bond donors (Lipinski definition) is 1. The van der Waals surface area contributed by atoms with Gasteiger partial charge in [-0.1, -0.05) is 24.3 Å². The first-order chi connectivity index (χ1) is 14.1. The summed E-state index contributed by atoms with van der Waals surface area (Å²) in [6.07, 6.45) is 5.09. The Balaban J connectivity index is 1.63. The van der Waals surface area contributed by atoms with E-state index in [2.05, 4.69) is 20.2 Å². The lowest BCUT2D eigenvalue weighted by Crippen LogP contribution is -2.23. The molecular formula is C23H19N5O. The average Bonchev–Trinajstić information content (AvgIpc) is 2.75. The minimum absolute atomic E-state index is 0.447. The molecule has 0 fully saturated rings. The molecule has 29 heavy (non-hydrogen) atoms. The summed E-state index contributed by atoms with van der Waals surface area (Å²) in [5, 5.41) is 7.95. The number of aromatic nitrogens is 4. The van der Waals surface area contributed by atoms with Crippen molar-refractivity contribution >= 4 is 5.91 Å². The van der Waals surface area contributed by atoms with Gasteiger partial charge in [-0.05, 0) is 60.0 Å². The molecule has 3 aromatic heterocycles. The number of amides is 1. The van der Waals surface area contributed by atoms with Crippen LogP contribution in [0.3, 0.4) is 0 Å². The quantitative estimate of drug-likeness (QED) is 0.571. The molecular weight excluding hydrogens is 362 g/mol. The Hall–Kier alpha value is -3.93. The zero-order valence-electron chi connectivity index (χ0n) is 15.9. The molecule has 3 heterocycles. The van der Waals surface area contributed by atoms with Gasteiger partial charge in [0.15, 0.2) is 0 Å². The van der Waals surface area contributed by atoms with E-state index in [-0.39, 0.29) is 0 Å². The molecule has 0 aliphatic heterocycles. The van der Waals surface area contributed by atoms with Crippen LogP contribution < -0.4 is 5.73 Å². The van der Waals surface area contributed by atoms with Crippen LogP contribution in [0.1, 0.15) is 22.9 Å². The minimum Gasteiger partial charge on any atom is -0.369 e. The third-order valence-electron chi connectivity index (χ3n) is 4.71. The molecule has 0 saturated carbocycles. The Morgan fingerprint density at radius 2 is 1.69 bits per heavy atom. The lowest BCUT2D eigenvalue weighted by atomic mass is 9.92. The summed E-state index contributed by atoms with van der Waals surface area (Å²) in [6, 6.07) is 19.1. The van der Waals surface area contributed by atoms with Gasteiger partial charge in [-0.3, -0.25) is 14.8 Å². The van der Waals surface area contributed by atoms with Crippen LogP contribution in [0.15, 0.2) is 79.3 Å². The maximum Gasteiger partial charge on any atom is 0.231 e. The van der Waals surface area contributed by atoms with E-state index in [0.29, 0.717) is 5.69 Å². The molecule has 0 radical (unpaired) electrons. The number of carbonyl (C=O) groups is 1. The van der Waals surface area contributed by atoms with Gasteiger partial charge in [-0.25, -0.2) is 0 Å². The first-order valence-electron chi connectivity index (χ1n) is 9.18. The smallest absolute Gasteiger partial charge is 0.231 e. The highest BCUT2D eigenvalue weighted by molar-refractivity contribution is 5.85. The van der Waals surface area contributed by atoms with E-state index >= 15 is 0 Å². The van der Waals surface area contributed by atoms with Crippen LogP contribution in [-0.2, 0) is 4.79 Å². The Bertz CT molecular complexity index is 1130. The number of rotatable bonds is 5. The second-order valence-corrected chi connectivity index (χ2v) is 6.72. The summed E-state index contributed by atoms with van der Waals surface area (Å²) < 4.78 is 0. The van der Waals surface area contributed by atoms with Crippen LogP contribution in [0.5, 0.6) is 0 Å². The first-order valence-corrected chi connectivity index (χ1v) is 9.18. The molecule has 142 valence electrons. The third-order valence-corrected chi connectivity index (χ3v) is 4.71. The number of nitrogens with two attached hydrogens (primary N) is 1. The van der Waals surface area contributed by atoms with Crippen molar-refractivity contribution in [2.24, 2.45) is 5.73 Å². The Labute approximate surface area is 168 Å². The molecule has 0 aliphatic carbocycles. The molecule has 6 nitrogen and oxygen atoms in total. The van der Waals surface area contributed by atoms with Gasteiger partial charge in [0.2, 0.25) is 5.91 Å². The Kier molecular flexibility index (Phi) is 5.07. The fraction of sp³-hybridized carbons (Fsp3) is 0.0870. The van der Waals surface area contributed by atoms with E-state index in [1.165, 1.54) is 0 Å². The van der Waals surface area contributed by atoms with E-state index in [0.717, 1.165) is 33.6 Å². The van der Waals surface area contributed by atoms with Crippen molar-refractivity contribution in [2.45, 2.75) is 12.8 Å². The number of benzene rings is 1. The third kappa shape index (κ3) is 4.01. The van der Waals surface area contributed by atoms with Gasteiger partial charge in [0.25, 0.3) is 0 Å². The van der Waals surface area contributed by atoms with Crippen molar-refractivity contribution < 1.29 is 4.79 Å². The van der Waals surface area contributed by atoms with Crippen molar-refractivity contribution in [3.63, 3.8) is 0 Å². The highest BCUT2D eigenvalue weighted by Gasteiger charge is 2.22. The second-order valence-electron chi connectivity index (χ2n) is 6.72. The number of pyridine rings is 2. The second kappa shape index (κ2) is 7.98. The molecule has 0 spiro atoms. The number of hydrogen-bond acceptors (Lipinski definition) is 5. The fourth-order valence-corrected chi connectivity index (χ4v) is 3.26. The number of nitrogens with zero attached hydrogens (tertiary/aromatic N) is 4. The summed E-state index contributed by atoms with van der Waals surface area (Å²) in [7, 11) is 0. The zero-order chi connectivity index (χ0) is 20.2. The van der Waals surface area contributed by atoms with Crippen LogP contribution in [0, 0.1) is 6.92 Å². The van der Waals surface area contributed by atoms with Crippen LogP contribution in [0.2, 0.25) is 0 Å². The van der Waals surface area contributed by atoms with Crippen molar-refractivity contribution in [2.75, 3.05) is 0 Å². The van der Waals surface area contributed by atoms with E-state index in [1.54, 1.807) is 24.7 Å². The standard InChI is InChI=1S/C23H19N5O/c1-15-13-18(10-12-25-15)16-4-6-17(7-5-16)22(23(24)29)21-9-8-19(14-26-21)20-3-2-11-27-28-20/h2-14,22H,1H3,(H2,24,29). The Morgan fingerprint density at radius 3 is 2.31 bits per heavy atom. The lowest BCUT2D eigenvalue weighted by molar-refractivity contribution is -0.118. The van der Waals surface area contributed by atoms with Crippen molar-refractivity contribution in [3.05, 3.63) is 96.2 Å². The molecule has 0 bridgehead atoms. The number of primary amides is 1. The van der Waals surface area contributed by atoms with Gasteiger partial charge < -0.3 is 5.73 Å². The molecule has 1 atom stereocenters. The van der Waals surface area contributed by atoms with Gasteiger partial charge in [0.05, 0.1) is 11.4 Å². The van der Waals surface area contributed by atoms with Gasteiger partial charge in [0.1, 0.15) is 5.92 Å². The molecule has 4 aromatic rings. The summed E-state index contributed by atoms with van der Waals surface area (Å²) in [5.41, 5.74) is 11.7. The average molecular weight is 381 g/mol. The summed E-state index contributed by atoms with van der Waals surface area (Å²) in [6.45, 7) is 1.96. The van der Waals surface area contributed by atoms with E-state index < -0.39 is 11.8 Å². The Morgan fingerprint density at radius 1 is 0.897 bits per heavy atom. The van der Waals surface area contributed by atoms with E-state index in [4.69, 9.17) is 5.73 Å². The molecule has 1 unspecified atom stereocenters. The fourth-order valence-electron chi connectivity index (χ4n) is 3.26. The van der Waals surface area contributed by atoms with E-state index in [1.807, 2.05) is 61.5 Å². The van der Waals surface area contributed by atoms with E-state index in [9.17, 15) is 4.79 Å². The minimum atomic E-state index is -0.626. The molecule has 1 aromatic carbocycles. The number of aryl methyl sites for hydroxylation is 1. The van der Waals surface area contributed by atoms with Crippen LogP contribution >= 0.6 is 0 Å². The summed E-state index contributed by atoms with van der Waals surface area (Å²) in [5.74, 6) is -1.07. The highest BCUT2D eigenvalue weighted by Crippen LogP contribution is 2.27. The maximum absolute atomic E-state index is 12.2. The molecule has 6 heteroatoms. The van der Waals surface area contributed by atoms with Gasteiger partial charge in [0, 0.05) is 29.8 Å². The molecule has 2 N–H and O–H groups in total. The molecule has 0 aliphatic rings. The zero-order valence-corrected chi connectivity index (χ0v) is 15.9. The van der Waals surface area contributed by atoms with Crippen molar-refractivity contribution in [3.8, 4) is 22.4 Å². The van der Waals surface area contributed by atoms with Crippen molar-refractivity contribution in [1.82, 2.24) is 20.2 Å². The lowest BCUT2D eigenvalue weighted by Gasteiger charge is -2.14. The maximum atomic E-state index is 12.2. The largest absolute Gasteiger partial charge is 0.369 e. The monoisotopic (exact) mass is 381 g/mol. The molecule has 0 saturated heterocycles. The number of carbonyl (C=O) groups excluding carboxylic acids is 1. The van der Waals surface area contributed by atoms with Gasteiger partial charge >= 0.3 is 0 Å². The predicted molar refractivity (Wildman–Crippen MR) is 111 cm³/mol. The van der Waals surface area contributed by atoms with Crippen molar-refractivity contribution in [1.29, 1.82) is 0 Å². The SMILES string of the molecule is Cc1cc(-c2ccc(C(C(N)=O)c3ccc(-c4cccnn4)cn3)cc2)ccn1. The van der Waals surface area contributed by atoms with Gasteiger partial charge in [-0.15, -0.1) is 0 Å².